The molecular formula is C15H20FN3. The van der Waals surface area contributed by atoms with E-state index in [4.69, 9.17) is 0 Å². The van der Waals surface area contributed by atoms with Crippen molar-refractivity contribution in [2.75, 3.05) is 13.6 Å². The lowest BCUT2D eigenvalue weighted by Crippen LogP contribution is -2.11. The second kappa shape index (κ2) is 5.97. The van der Waals surface area contributed by atoms with E-state index in [0.717, 1.165) is 29.9 Å². The molecule has 1 heterocycles. The highest BCUT2D eigenvalue weighted by atomic mass is 19.1. The van der Waals surface area contributed by atoms with Gasteiger partial charge in [-0.2, -0.15) is 5.10 Å². The average molecular weight is 261 g/mol. The van der Waals surface area contributed by atoms with Crippen molar-refractivity contribution in [1.29, 1.82) is 0 Å². The zero-order valence-electron chi connectivity index (χ0n) is 11.7. The van der Waals surface area contributed by atoms with Crippen LogP contribution in [0.5, 0.6) is 0 Å². The second-order valence-corrected chi connectivity index (χ2v) is 4.79. The lowest BCUT2D eigenvalue weighted by atomic mass is 10.1. The maximum absolute atomic E-state index is 13.2. The van der Waals surface area contributed by atoms with Gasteiger partial charge in [-0.1, -0.05) is 12.1 Å². The van der Waals surface area contributed by atoms with Crippen LogP contribution in [0.4, 0.5) is 4.39 Å². The van der Waals surface area contributed by atoms with E-state index in [9.17, 15) is 4.39 Å². The SMILES string of the molecule is CNCCc1c(C)nn(Cc2cccc(F)c2)c1C. The Bertz CT molecular complexity index is 561. The van der Waals surface area contributed by atoms with E-state index in [2.05, 4.69) is 17.3 Å². The van der Waals surface area contributed by atoms with Gasteiger partial charge in [0.25, 0.3) is 0 Å². The Morgan fingerprint density at radius 3 is 2.79 bits per heavy atom. The van der Waals surface area contributed by atoms with Crippen molar-refractivity contribution in [3.63, 3.8) is 0 Å². The van der Waals surface area contributed by atoms with Crippen LogP contribution < -0.4 is 5.32 Å². The summed E-state index contributed by atoms with van der Waals surface area (Å²) in [5, 5.41) is 7.70. The first-order chi connectivity index (χ1) is 9.11. The van der Waals surface area contributed by atoms with Gasteiger partial charge in [0.15, 0.2) is 0 Å². The van der Waals surface area contributed by atoms with Crippen molar-refractivity contribution in [2.45, 2.75) is 26.8 Å². The summed E-state index contributed by atoms with van der Waals surface area (Å²) in [6.45, 7) is 5.65. The Labute approximate surface area is 113 Å². The minimum Gasteiger partial charge on any atom is -0.319 e. The molecule has 0 radical (unpaired) electrons. The standard InChI is InChI=1S/C15H20FN3/c1-11-15(7-8-17-3)12(2)19(18-11)10-13-5-4-6-14(16)9-13/h4-6,9,17H,7-8,10H2,1-3H3. The summed E-state index contributed by atoms with van der Waals surface area (Å²) in [7, 11) is 1.95. The summed E-state index contributed by atoms with van der Waals surface area (Å²) in [5.74, 6) is -0.200. The van der Waals surface area contributed by atoms with Crippen molar-refractivity contribution in [3.05, 3.63) is 52.6 Å². The molecule has 0 fully saturated rings. The molecule has 0 bridgehead atoms. The van der Waals surface area contributed by atoms with Crippen LogP contribution in [0.3, 0.4) is 0 Å². The van der Waals surface area contributed by atoms with Crippen LogP contribution in [0.25, 0.3) is 0 Å². The van der Waals surface area contributed by atoms with Crippen molar-refractivity contribution in [3.8, 4) is 0 Å². The largest absolute Gasteiger partial charge is 0.319 e. The van der Waals surface area contributed by atoms with Crippen LogP contribution >= 0.6 is 0 Å². The highest BCUT2D eigenvalue weighted by Crippen LogP contribution is 2.15. The zero-order valence-corrected chi connectivity index (χ0v) is 11.7. The first kappa shape index (κ1) is 13.7. The van der Waals surface area contributed by atoms with Gasteiger partial charge < -0.3 is 5.32 Å². The van der Waals surface area contributed by atoms with E-state index in [-0.39, 0.29) is 5.82 Å². The Morgan fingerprint density at radius 1 is 1.32 bits per heavy atom. The predicted molar refractivity (Wildman–Crippen MR) is 74.8 cm³/mol. The summed E-state index contributed by atoms with van der Waals surface area (Å²) in [6.07, 6.45) is 0.970. The highest BCUT2D eigenvalue weighted by molar-refractivity contribution is 5.26. The fraction of sp³-hybridized carbons (Fsp3) is 0.400. The number of rotatable bonds is 5. The quantitative estimate of drug-likeness (QED) is 0.896. The number of halogens is 1. The summed E-state index contributed by atoms with van der Waals surface area (Å²) in [5.41, 5.74) is 4.44. The van der Waals surface area contributed by atoms with Gasteiger partial charge in [0, 0.05) is 5.69 Å². The normalized spacial score (nSPS) is 10.9. The Morgan fingerprint density at radius 2 is 2.11 bits per heavy atom. The number of benzene rings is 1. The molecule has 0 spiro atoms. The van der Waals surface area contributed by atoms with Gasteiger partial charge in [0.2, 0.25) is 0 Å². The third kappa shape index (κ3) is 3.20. The Balaban J connectivity index is 2.21. The Kier molecular flexibility index (Phi) is 4.32. The van der Waals surface area contributed by atoms with Crippen LogP contribution in [0.2, 0.25) is 0 Å². The molecule has 19 heavy (non-hydrogen) atoms. The molecule has 3 nitrogen and oxygen atoms in total. The first-order valence-corrected chi connectivity index (χ1v) is 6.53. The maximum Gasteiger partial charge on any atom is 0.123 e. The third-order valence-corrected chi connectivity index (χ3v) is 3.38. The van der Waals surface area contributed by atoms with Gasteiger partial charge in [0.05, 0.1) is 12.2 Å². The molecular weight excluding hydrogens is 241 g/mol. The zero-order chi connectivity index (χ0) is 13.8. The van der Waals surface area contributed by atoms with Crippen LogP contribution in [-0.4, -0.2) is 23.4 Å². The summed E-state index contributed by atoms with van der Waals surface area (Å²) in [4.78, 5) is 0. The smallest absolute Gasteiger partial charge is 0.123 e. The van der Waals surface area contributed by atoms with E-state index >= 15 is 0 Å². The minimum atomic E-state index is -0.200. The molecule has 0 unspecified atom stereocenters. The number of likely N-dealkylation sites (N-methyl/N-ethyl adjacent to an activating group) is 1. The summed E-state index contributed by atoms with van der Waals surface area (Å²) < 4.78 is 15.1. The van der Waals surface area contributed by atoms with Crippen molar-refractivity contribution < 1.29 is 4.39 Å². The van der Waals surface area contributed by atoms with Crippen LogP contribution in [-0.2, 0) is 13.0 Å². The summed E-state index contributed by atoms with van der Waals surface area (Å²) >= 11 is 0. The topological polar surface area (TPSA) is 29.9 Å². The minimum absolute atomic E-state index is 0.200. The number of aromatic nitrogens is 2. The molecule has 1 aromatic carbocycles. The molecule has 102 valence electrons. The number of aryl methyl sites for hydroxylation is 1. The molecule has 0 saturated carbocycles. The van der Waals surface area contributed by atoms with Gasteiger partial charge in [-0.15, -0.1) is 0 Å². The van der Waals surface area contributed by atoms with Gasteiger partial charge in [0.1, 0.15) is 5.82 Å². The number of hydrogen-bond donors (Lipinski definition) is 1. The van der Waals surface area contributed by atoms with Gasteiger partial charge in [-0.25, -0.2) is 4.39 Å². The summed E-state index contributed by atoms with van der Waals surface area (Å²) in [6, 6.07) is 6.68. The molecule has 2 aromatic rings. The van der Waals surface area contributed by atoms with Crippen molar-refractivity contribution >= 4 is 0 Å². The monoisotopic (exact) mass is 261 g/mol. The fourth-order valence-corrected chi connectivity index (χ4v) is 2.31. The van der Waals surface area contributed by atoms with E-state index in [0.29, 0.717) is 6.54 Å². The first-order valence-electron chi connectivity index (χ1n) is 6.53. The Hall–Kier alpha value is -1.68. The van der Waals surface area contributed by atoms with E-state index in [1.165, 1.54) is 11.6 Å². The van der Waals surface area contributed by atoms with E-state index < -0.39 is 0 Å². The molecule has 0 atom stereocenters. The van der Waals surface area contributed by atoms with Crippen molar-refractivity contribution in [2.24, 2.45) is 0 Å². The molecule has 0 saturated heterocycles. The van der Waals surface area contributed by atoms with Crippen LogP contribution in [0.15, 0.2) is 24.3 Å². The molecule has 1 N–H and O–H groups in total. The van der Waals surface area contributed by atoms with Crippen molar-refractivity contribution in [1.82, 2.24) is 15.1 Å². The molecule has 0 amide bonds. The van der Waals surface area contributed by atoms with E-state index in [1.54, 1.807) is 12.1 Å². The molecule has 4 heteroatoms. The van der Waals surface area contributed by atoms with Crippen LogP contribution in [0, 0.1) is 19.7 Å². The molecule has 0 aliphatic carbocycles. The van der Waals surface area contributed by atoms with Crippen LogP contribution in [0.1, 0.15) is 22.5 Å². The fourth-order valence-electron chi connectivity index (χ4n) is 2.31. The number of nitrogens with zero attached hydrogens (tertiary/aromatic N) is 2. The lowest BCUT2D eigenvalue weighted by Gasteiger charge is -2.06. The van der Waals surface area contributed by atoms with Gasteiger partial charge in [-0.3, -0.25) is 4.68 Å². The van der Waals surface area contributed by atoms with E-state index in [1.807, 2.05) is 24.7 Å². The maximum atomic E-state index is 13.2. The van der Waals surface area contributed by atoms with Gasteiger partial charge in [-0.05, 0) is 57.1 Å². The molecule has 0 aliphatic rings. The average Bonchev–Trinajstić information content (AvgIpc) is 2.62. The highest BCUT2D eigenvalue weighted by Gasteiger charge is 2.11. The number of nitrogens with one attached hydrogen (secondary N) is 1. The molecule has 1 aromatic heterocycles. The number of hydrogen-bond acceptors (Lipinski definition) is 2. The molecule has 0 aliphatic heterocycles. The molecule has 2 rings (SSSR count). The third-order valence-electron chi connectivity index (χ3n) is 3.38. The second-order valence-electron chi connectivity index (χ2n) is 4.79. The predicted octanol–water partition coefficient (Wildman–Crippen LogP) is 2.45. The van der Waals surface area contributed by atoms with Gasteiger partial charge >= 0.3 is 0 Å². The lowest BCUT2D eigenvalue weighted by molar-refractivity contribution is 0.615.